The van der Waals surface area contributed by atoms with Crippen molar-refractivity contribution < 1.29 is 9.53 Å². The molecule has 1 aromatic heterocycles. The van der Waals surface area contributed by atoms with Crippen molar-refractivity contribution in [3.05, 3.63) is 48.3 Å². The van der Waals surface area contributed by atoms with Gasteiger partial charge in [0.2, 0.25) is 11.9 Å². The number of amides is 1. The summed E-state index contributed by atoms with van der Waals surface area (Å²) in [4.78, 5) is 20.2. The highest BCUT2D eigenvalue weighted by molar-refractivity contribution is 5.76. The smallest absolute Gasteiger partial charge is 0.222 e. The van der Waals surface area contributed by atoms with E-state index in [1.165, 1.54) is 0 Å². The largest absolute Gasteiger partial charge is 0.491 e. The van der Waals surface area contributed by atoms with Crippen molar-refractivity contribution in [3.63, 3.8) is 0 Å². The third kappa shape index (κ3) is 5.87. The van der Waals surface area contributed by atoms with Crippen LogP contribution in [-0.2, 0) is 4.79 Å². The van der Waals surface area contributed by atoms with Gasteiger partial charge in [-0.2, -0.15) is 0 Å². The minimum Gasteiger partial charge on any atom is -0.491 e. The van der Waals surface area contributed by atoms with E-state index < -0.39 is 0 Å². The Kier molecular flexibility index (Phi) is 6.54. The van der Waals surface area contributed by atoms with E-state index in [0.29, 0.717) is 18.9 Å². The number of anilines is 1. The molecule has 2 aromatic rings. The maximum Gasteiger partial charge on any atom is 0.222 e. The Morgan fingerprint density at radius 1 is 1.17 bits per heavy atom. The molecular formula is C18H24N4O2. The van der Waals surface area contributed by atoms with Crippen LogP contribution < -0.4 is 15.4 Å². The number of carbonyl (C=O) groups is 1. The molecule has 1 atom stereocenters. The van der Waals surface area contributed by atoms with Crippen LogP contribution in [0.1, 0.15) is 38.8 Å². The van der Waals surface area contributed by atoms with Crippen molar-refractivity contribution >= 4 is 11.9 Å². The first-order valence-corrected chi connectivity index (χ1v) is 8.11. The summed E-state index contributed by atoms with van der Waals surface area (Å²) >= 11 is 0. The molecule has 2 N–H and O–H groups in total. The first-order valence-electron chi connectivity index (χ1n) is 8.11. The van der Waals surface area contributed by atoms with Gasteiger partial charge in [0, 0.05) is 25.4 Å². The third-order valence-corrected chi connectivity index (χ3v) is 3.31. The average molecular weight is 328 g/mol. The van der Waals surface area contributed by atoms with E-state index in [4.69, 9.17) is 4.74 Å². The van der Waals surface area contributed by atoms with E-state index >= 15 is 0 Å². The predicted molar refractivity (Wildman–Crippen MR) is 93.9 cm³/mol. The molecule has 0 radical (unpaired) electrons. The highest BCUT2D eigenvalue weighted by atomic mass is 16.5. The van der Waals surface area contributed by atoms with Gasteiger partial charge in [0.1, 0.15) is 5.75 Å². The van der Waals surface area contributed by atoms with Gasteiger partial charge < -0.3 is 15.4 Å². The minimum atomic E-state index is -0.0822. The second-order valence-electron chi connectivity index (χ2n) is 5.78. The van der Waals surface area contributed by atoms with Gasteiger partial charge >= 0.3 is 0 Å². The van der Waals surface area contributed by atoms with Gasteiger partial charge in [0.15, 0.2) is 0 Å². The highest BCUT2D eigenvalue weighted by Crippen LogP contribution is 2.20. The second kappa shape index (κ2) is 8.86. The van der Waals surface area contributed by atoms with Crippen LogP contribution in [0.2, 0.25) is 0 Å². The predicted octanol–water partition coefficient (Wildman–Crippen LogP) is 2.94. The molecule has 0 fully saturated rings. The average Bonchev–Trinajstić information content (AvgIpc) is 2.55. The molecule has 128 valence electrons. The fourth-order valence-corrected chi connectivity index (χ4v) is 2.20. The summed E-state index contributed by atoms with van der Waals surface area (Å²) < 4.78 is 5.69. The van der Waals surface area contributed by atoms with Crippen LogP contribution in [0.15, 0.2) is 42.7 Å². The summed E-state index contributed by atoms with van der Waals surface area (Å²) in [6.45, 7) is 6.42. The van der Waals surface area contributed by atoms with Gasteiger partial charge in [-0.05, 0) is 44.5 Å². The Labute approximate surface area is 142 Å². The standard InChI is InChI=1S/C18H24N4O2/c1-13(2)24-16-7-4-6-15(12-16)14(3)22-17(23)8-11-21-18-19-9-5-10-20-18/h4-7,9-10,12-14H,8,11H2,1-3H3,(H,22,23)(H,19,20,21)/t14-/m0/s1. The van der Waals surface area contributed by atoms with Crippen molar-refractivity contribution in [1.82, 2.24) is 15.3 Å². The number of aromatic nitrogens is 2. The molecule has 1 heterocycles. The highest BCUT2D eigenvalue weighted by Gasteiger charge is 2.10. The molecule has 24 heavy (non-hydrogen) atoms. The van der Waals surface area contributed by atoms with Crippen LogP contribution >= 0.6 is 0 Å². The van der Waals surface area contributed by atoms with Crippen LogP contribution in [-0.4, -0.2) is 28.5 Å². The van der Waals surface area contributed by atoms with Crippen LogP contribution in [0.5, 0.6) is 5.75 Å². The molecule has 0 saturated heterocycles. The molecular weight excluding hydrogens is 304 g/mol. The fraction of sp³-hybridized carbons (Fsp3) is 0.389. The number of nitrogens with one attached hydrogen (secondary N) is 2. The monoisotopic (exact) mass is 328 g/mol. The Morgan fingerprint density at radius 3 is 2.62 bits per heavy atom. The number of hydrogen-bond donors (Lipinski definition) is 2. The van der Waals surface area contributed by atoms with E-state index in [2.05, 4.69) is 20.6 Å². The number of benzene rings is 1. The summed E-state index contributed by atoms with van der Waals surface area (Å²) in [6.07, 6.45) is 3.79. The molecule has 0 aliphatic rings. The first-order chi connectivity index (χ1) is 11.5. The first kappa shape index (κ1) is 17.7. The molecule has 0 unspecified atom stereocenters. The third-order valence-electron chi connectivity index (χ3n) is 3.31. The molecule has 0 spiro atoms. The molecule has 2 rings (SSSR count). The van der Waals surface area contributed by atoms with Crippen molar-refractivity contribution in [2.45, 2.75) is 39.3 Å². The molecule has 6 heteroatoms. The Bertz CT molecular complexity index is 646. The summed E-state index contributed by atoms with van der Waals surface area (Å²) in [5.74, 6) is 1.31. The number of nitrogens with zero attached hydrogens (tertiary/aromatic N) is 2. The number of hydrogen-bond acceptors (Lipinski definition) is 5. The second-order valence-corrected chi connectivity index (χ2v) is 5.78. The lowest BCUT2D eigenvalue weighted by Gasteiger charge is -2.16. The zero-order valence-corrected chi connectivity index (χ0v) is 14.3. The molecule has 6 nitrogen and oxygen atoms in total. The summed E-state index contributed by atoms with van der Waals surface area (Å²) in [7, 11) is 0. The maximum absolute atomic E-state index is 12.1. The van der Waals surface area contributed by atoms with Gasteiger partial charge in [-0.25, -0.2) is 9.97 Å². The molecule has 1 aromatic carbocycles. The lowest BCUT2D eigenvalue weighted by Crippen LogP contribution is -2.28. The van der Waals surface area contributed by atoms with Crippen molar-refractivity contribution in [1.29, 1.82) is 0 Å². The van der Waals surface area contributed by atoms with E-state index in [0.717, 1.165) is 11.3 Å². The molecule has 0 aliphatic heterocycles. The normalized spacial score (nSPS) is 11.8. The molecule has 0 saturated carbocycles. The van der Waals surface area contributed by atoms with Crippen molar-refractivity contribution in [2.75, 3.05) is 11.9 Å². The van der Waals surface area contributed by atoms with E-state index in [-0.39, 0.29) is 18.1 Å². The summed E-state index contributed by atoms with van der Waals surface area (Å²) in [6, 6.07) is 9.46. The van der Waals surface area contributed by atoms with Gasteiger partial charge in [-0.3, -0.25) is 4.79 Å². The van der Waals surface area contributed by atoms with Crippen LogP contribution in [0.25, 0.3) is 0 Å². The lowest BCUT2D eigenvalue weighted by molar-refractivity contribution is -0.121. The maximum atomic E-state index is 12.1. The number of carbonyl (C=O) groups excluding carboxylic acids is 1. The van der Waals surface area contributed by atoms with Crippen molar-refractivity contribution in [2.24, 2.45) is 0 Å². The van der Waals surface area contributed by atoms with Crippen LogP contribution in [0.3, 0.4) is 0 Å². The zero-order valence-electron chi connectivity index (χ0n) is 14.3. The van der Waals surface area contributed by atoms with Crippen molar-refractivity contribution in [3.8, 4) is 5.75 Å². The van der Waals surface area contributed by atoms with E-state index in [1.807, 2.05) is 45.0 Å². The van der Waals surface area contributed by atoms with Gasteiger partial charge in [-0.1, -0.05) is 12.1 Å². The van der Waals surface area contributed by atoms with Gasteiger partial charge in [-0.15, -0.1) is 0 Å². The number of ether oxygens (including phenoxy) is 1. The fourth-order valence-electron chi connectivity index (χ4n) is 2.20. The van der Waals surface area contributed by atoms with E-state index in [9.17, 15) is 4.79 Å². The molecule has 0 aliphatic carbocycles. The van der Waals surface area contributed by atoms with Gasteiger partial charge in [0.25, 0.3) is 0 Å². The summed E-state index contributed by atoms with van der Waals surface area (Å²) in [5.41, 5.74) is 1.01. The minimum absolute atomic E-state index is 0.0267. The van der Waals surface area contributed by atoms with Gasteiger partial charge in [0.05, 0.1) is 12.1 Å². The Hall–Kier alpha value is -2.63. The quantitative estimate of drug-likeness (QED) is 0.779. The number of rotatable bonds is 8. The SMILES string of the molecule is CC(C)Oc1cccc([C@H](C)NC(=O)CCNc2ncccn2)c1. The summed E-state index contributed by atoms with van der Waals surface area (Å²) in [5, 5.41) is 6.00. The molecule has 1 amide bonds. The van der Waals surface area contributed by atoms with Crippen LogP contribution in [0.4, 0.5) is 5.95 Å². The topological polar surface area (TPSA) is 76.1 Å². The van der Waals surface area contributed by atoms with E-state index in [1.54, 1.807) is 18.5 Å². The van der Waals surface area contributed by atoms with Crippen LogP contribution in [0, 0.1) is 0 Å². The molecule has 0 bridgehead atoms. The Balaban J connectivity index is 1.80. The zero-order chi connectivity index (χ0) is 17.4. The lowest BCUT2D eigenvalue weighted by atomic mass is 10.1. The Morgan fingerprint density at radius 2 is 1.92 bits per heavy atom.